The topological polar surface area (TPSA) is 76.4 Å². The lowest BCUT2D eigenvalue weighted by atomic mass is 10.1. The van der Waals surface area contributed by atoms with E-state index in [9.17, 15) is 4.79 Å². The fraction of sp³-hybridized carbons (Fsp3) is 0.474. The molecule has 6 nitrogen and oxygen atoms in total. The van der Waals surface area contributed by atoms with Gasteiger partial charge in [0.2, 0.25) is 0 Å². The Balaban J connectivity index is 1.74. The fourth-order valence-electron chi connectivity index (χ4n) is 2.62. The van der Waals surface area contributed by atoms with Crippen LogP contribution >= 0.6 is 0 Å². The standard InChI is InChI=1S/C19H27N3O3/c1-12-7-6-8-17(9-12)24-14(3)11-20-19(23)21-13(2)10-18-15(4)22-25-16(18)5/h6-9,13-14H,10-11H2,1-5H3,(H2,20,21,23)/t13-,14+/m1/s1. The normalized spacial score (nSPS) is 13.2. The van der Waals surface area contributed by atoms with Crippen LogP contribution in [0.3, 0.4) is 0 Å². The molecule has 0 saturated carbocycles. The van der Waals surface area contributed by atoms with Gasteiger partial charge in [0.25, 0.3) is 0 Å². The van der Waals surface area contributed by atoms with Crippen LogP contribution in [-0.4, -0.2) is 29.9 Å². The molecule has 6 heteroatoms. The molecule has 1 heterocycles. The minimum Gasteiger partial charge on any atom is -0.489 e. The number of carbonyl (C=O) groups excluding carboxylic acids is 1. The van der Waals surface area contributed by atoms with Gasteiger partial charge < -0.3 is 19.9 Å². The van der Waals surface area contributed by atoms with E-state index in [0.29, 0.717) is 13.0 Å². The number of aryl methyl sites for hydroxylation is 3. The maximum absolute atomic E-state index is 12.0. The van der Waals surface area contributed by atoms with Crippen molar-refractivity contribution in [1.29, 1.82) is 0 Å². The van der Waals surface area contributed by atoms with Gasteiger partial charge >= 0.3 is 6.03 Å². The smallest absolute Gasteiger partial charge is 0.315 e. The lowest BCUT2D eigenvalue weighted by Gasteiger charge is -2.18. The van der Waals surface area contributed by atoms with Crippen LogP contribution in [0.15, 0.2) is 28.8 Å². The molecule has 0 spiro atoms. The van der Waals surface area contributed by atoms with E-state index >= 15 is 0 Å². The predicted octanol–water partition coefficient (Wildman–Crippen LogP) is 3.30. The van der Waals surface area contributed by atoms with Crippen LogP contribution in [0.25, 0.3) is 0 Å². The van der Waals surface area contributed by atoms with Crippen molar-refractivity contribution in [2.24, 2.45) is 0 Å². The molecule has 0 bridgehead atoms. The van der Waals surface area contributed by atoms with Gasteiger partial charge in [-0.15, -0.1) is 0 Å². The van der Waals surface area contributed by atoms with E-state index in [1.807, 2.05) is 58.9 Å². The molecule has 0 aliphatic carbocycles. The van der Waals surface area contributed by atoms with E-state index in [-0.39, 0.29) is 18.2 Å². The van der Waals surface area contributed by atoms with Crippen molar-refractivity contribution in [3.63, 3.8) is 0 Å². The summed E-state index contributed by atoms with van der Waals surface area (Å²) in [4.78, 5) is 12.0. The minimum absolute atomic E-state index is 0.0233. The summed E-state index contributed by atoms with van der Waals surface area (Å²) < 4.78 is 11.0. The molecule has 25 heavy (non-hydrogen) atoms. The van der Waals surface area contributed by atoms with Gasteiger partial charge in [0, 0.05) is 11.6 Å². The van der Waals surface area contributed by atoms with Gasteiger partial charge in [-0.2, -0.15) is 0 Å². The molecule has 136 valence electrons. The second-order valence-corrected chi connectivity index (χ2v) is 6.51. The van der Waals surface area contributed by atoms with Gasteiger partial charge in [0.15, 0.2) is 0 Å². The van der Waals surface area contributed by atoms with Gasteiger partial charge in [0.05, 0.1) is 12.2 Å². The van der Waals surface area contributed by atoms with Crippen molar-refractivity contribution in [1.82, 2.24) is 15.8 Å². The Kier molecular flexibility index (Phi) is 6.44. The van der Waals surface area contributed by atoms with Crippen molar-refractivity contribution in [3.8, 4) is 5.75 Å². The maximum Gasteiger partial charge on any atom is 0.315 e. The average molecular weight is 345 g/mol. The highest BCUT2D eigenvalue weighted by atomic mass is 16.5. The van der Waals surface area contributed by atoms with E-state index in [1.54, 1.807) is 0 Å². The Hall–Kier alpha value is -2.50. The Labute approximate surface area is 148 Å². The van der Waals surface area contributed by atoms with Gasteiger partial charge in [-0.05, 0) is 58.7 Å². The SMILES string of the molecule is Cc1cccc(O[C@@H](C)CNC(=O)N[C@H](C)Cc2c(C)noc2C)c1. The van der Waals surface area contributed by atoms with Gasteiger partial charge in [-0.1, -0.05) is 17.3 Å². The number of nitrogens with one attached hydrogen (secondary N) is 2. The second-order valence-electron chi connectivity index (χ2n) is 6.51. The monoisotopic (exact) mass is 345 g/mol. The molecule has 0 aliphatic heterocycles. The number of hydrogen-bond acceptors (Lipinski definition) is 4. The van der Waals surface area contributed by atoms with Crippen LogP contribution in [0.1, 0.15) is 36.4 Å². The summed E-state index contributed by atoms with van der Waals surface area (Å²) in [7, 11) is 0. The molecule has 0 unspecified atom stereocenters. The average Bonchev–Trinajstić information content (AvgIpc) is 2.85. The molecule has 1 aromatic carbocycles. The van der Waals surface area contributed by atoms with E-state index < -0.39 is 0 Å². The van der Waals surface area contributed by atoms with Crippen LogP contribution in [0.5, 0.6) is 5.75 Å². The number of hydrogen-bond donors (Lipinski definition) is 2. The lowest BCUT2D eigenvalue weighted by Crippen LogP contribution is -2.44. The van der Waals surface area contributed by atoms with Gasteiger partial charge in [0.1, 0.15) is 17.6 Å². The van der Waals surface area contributed by atoms with Crippen molar-refractivity contribution < 1.29 is 14.1 Å². The van der Waals surface area contributed by atoms with Crippen LogP contribution < -0.4 is 15.4 Å². The summed E-state index contributed by atoms with van der Waals surface area (Å²) in [6, 6.07) is 7.62. The molecular formula is C19H27N3O3. The summed E-state index contributed by atoms with van der Waals surface area (Å²) in [5.41, 5.74) is 3.05. The van der Waals surface area contributed by atoms with Crippen LogP contribution in [0.2, 0.25) is 0 Å². The highest BCUT2D eigenvalue weighted by Gasteiger charge is 2.15. The highest BCUT2D eigenvalue weighted by Crippen LogP contribution is 2.15. The van der Waals surface area contributed by atoms with Crippen molar-refractivity contribution >= 4 is 6.03 Å². The Bertz CT molecular complexity index is 692. The molecule has 0 radical (unpaired) electrons. The number of rotatable bonds is 7. The van der Waals surface area contributed by atoms with Crippen molar-refractivity contribution in [3.05, 3.63) is 46.8 Å². The number of benzene rings is 1. The number of nitrogens with zero attached hydrogens (tertiary/aromatic N) is 1. The predicted molar refractivity (Wildman–Crippen MR) is 96.9 cm³/mol. The molecular weight excluding hydrogens is 318 g/mol. The molecule has 2 N–H and O–H groups in total. The van der Waals surface area contributed by atoms with Crippen molar-refractivity contribution in [2.75, 3.05) is 6.54 Å². The molecule has 0 aliphatic rings. The Morgan fingerprint density at radius 1 is 1.28 bits per heavy atom. The number of aromatic nitrogens is 1. The van der Waals surface area contributed by atoms with E-state index in [0.717, 1.165) is 28.3 Å². The third kappa shape index (κ3) is 5.81. The zero-order valence-electron chi connectivity index (χ0n) is 15.6. The first-order valence-electron chi connectivity index (χ1n) is 8.54. The van der Waals surface area contributed by atoms with Crippen LogP contribution in [-0.2, 0) is 6.42 Å². The molecule has 2 rings (SSSR count). The number of urea groups is 1. The summed E-state index contributed by atoms with van der Waals surface area (Å²) in [5.74, 6) is 1.60. The number of amides is 2. The summed E-state index contributed by atoms with van der Waals surface area (Å²) in [6.07, 6.45) is 0.564. The summed E-state index contributed by atoms with van der Waals surface area (Å²) in [6.45, 7) is 10.1. The molecule has 2 aromatic rings. The Morgan fingerprint density at radius 3 is 2.68 bits per heavy atom. The molecule has 1 aromatic heterocycles. The molecule has 0 fully saturated rings. The van der Waals surface area contributed by atoms with E-state index in [2.05, 4.69) is 15.8 Å². The van der Waals surface area contributed by atoms with Crippen LogP contribution in [0, 0.1) is 20.8 Å². The number of carbonyl (C=O) groups is 1. The molecule has 2 amide bonds. The van der Waals surface area contributed by atoms with Crippen LogP contribution in [0.4, 0.5) is 4.79 Å². The lowest BCUT2D eigenvalue weighted by molar-refractivity contribution is 0.206. The highest BCUT2D eigenvalue weighted by molar-refractivity contribution is 5.74. The Morgan fingerprint density at radius 2 is 2.04 bits per heavy atom. The third-order valence-electron chi connectivity index (χ3n) is 3.95. The summed E-state index contributed by atoms with van der Waals surface area (Å²) >= 11 is 0. The second kappa shape index (κ2) is 8.55. The van der Waals surface area contributed by atoms with E-state index in [1.165, 1.54) is 0 Å². The third-order valence-corrected chi connectivity index (χ3v) is 3.95. The first-order valence-corrected chi connectivity index (χ1v) is 8.54. The largest absolute Gasteiger partial charge is 0.489 e. The van der Waals surface area contributed by atoms with Gasteiger partial charge in [-0.25, -0.2) is 4.79 Å². The van der Waals surface area contributed by atoms with Gasteiger partial charge in [-0.3, -0.25) is 0 Å². The molecule has 2 atom stereocenters. The van der Waals surface area contributed by atoms with Crippen molar-refractivity contribution in [2.45, 2.75) is 53.2 Å². The van der Waals surface area contributed by atoms with E-state index in [4.69, 9.17) is 9.26 Å². The first kappa shape index (κ1) is 18.8. The first-order chi connectivity index (χ1) is 11.8. The zero-order chi connectivity index (χ0) is 18.4. The summed E-state index contributed by atoms with van der Waals surface area (Å²) in [5, 5.41) is 9.70. The maximum atomic E-state index is 12.0. The quantitative estimate of drug-likeness (QED) is 0.807. The molecule has 0 saturated heterocycles. The fourth-order valence-corrected chi connectivity index (χ4v) is 2.62. The number of ether oxygens (including phenoxy) is 1. The zero-order valence-corrected chi connectivity index (χ0v) is 15.6. The minimum atomic E-state index is -0.209.